The van der Waals surface area contributed by atoms with Gasteiger partial charge in [-0.2, -0.15) is 0 Å². The predicted octanol–water partition coefficient (Wildman–Crippen LogP) is 1.20. The molecule has 2 atom stereocenters. The minimum Gasteiger partial charge on any atom is -0.376 e. The molecule has 2 fully saturated rings. The van der Waals surface area contributed by atoms with E-state index in [0.29, 0.717) is 39.3 Å². The second-order valence-corrected chi connectivity index (χ2v) is 7.32. The van der Waals surface area contributed by atoms with Crippen molar-refractivity contribution in [3.63, 3.8) is 0 Å². The van der Waals surface area contributed by atoms with Crippen LogP contribution in [0.3, 0.4) is 0 Å². The molecule has 27 heavy (non-hydrogen) atoms. The summed E-state index contributed by atoms with van der Waals surface area (Å²) in [6, 6.07) is 9.87. The van der Waals surface area contributed by atoms with Crippen molar-refractivity contribution in [2.45, 2.75) is 38.5 Å². The third-order valence-electron chi connectivity index (χ3n) is 5.23. The van der Waals surface area contributed by atoms with E-state index in [1.54, 1.807) is 0 Å². The smallest absolute Gasteiger partial charge is 0.317 e. The SMILES string of the molecule is CC(NC(=O)N1CCN(CC(=O)NCc2ccccc2)CC1)C1CCCO1. The molecule has 7 nitrogen and oxygen atoms in total. The van der Waals surface area contributed by atoms with Crippen LogP contribution in [-0.2, 0) is 16.1 Å². The molecule has 2 saturated heterocycles. The molecule has 2 unspecified atom stereocenters. The van der Waals surface area contributed by atoms with E-state index < -0.39 is 0 Å². The molecule has 3 amide bonds. The number of nitrogens with one attached hydrogen (secondary N) is 2. The Labute approximate surface area is 161 Å². The number of amides is 3. The van der Waals surface area contributed by atoms with Crippen LogP contribution in [0.2, 0.25) is 0 Å². The Morgan fingerprint density at radius 2 is 1.93 bits per heavy atom. The first-order valence-corrected chi connectivity index (χ1v) is 9.82. The summed E-state index contributed by atoms with van der Waals surface area (Å²) < 4.78 is 5.63. The fourth-order valence-electron chi connectivity index (χ4n) is 3.54. The number of carbonyl (C=O) groups is 2. The van der Waals surface area contributed by atoms with Crippen molar-refractivity contribution in [2.24, 2.45) is 0 Å². The minimum atomic E-state index is -0.0359. The van der Waals surface area contributed by atoms with Crippen molar-refractivity contribution in [2.75, 3.05) is 39.3 Å². The molecular weight excluding hydrogens is 344 g/mol. The molecule has 0 radical (unpaired) electrons. The van der Waals surface area contributed by atoms with E-state index in [-0.39, 0.29) is 24.1 Å². The van der Waals surface area contributed by atoms with Crippen molar-refractivity contribution in [3.05, 3.63) is 35.9 Å². The van der Waals surface area contributed by atoms with Crippen molar-refractivity contribution in [1.82, 2.24) is 20.4 Å². The van der Waals surface area contributed by atoms with Gasteiger partial charge in [-0.25, -0.2) is 4.79 Å². The Morgan fingerprint density at radius 1 is 1.19 bits per heavy atom. The van der Waals surface area contributed by atoms with E-state index in [9.17, 15) is 9.59 Å². The number of hydrogen-bond donors (Lipinski definition) is 2. The first-order chi connectivity index (χ1) is 13.1. The molecule has 0 spiro atoms. The molecular formula is C20H30N4O3. The van der Waals surface area contributed by atoms with Crippen LogP contribution in [0.25, 0.3) is 0 Å². The maximum absolute atomic E-state index is 12.4. The molecule has 0 aliphatic carbocycles. The zero-order chi connectivity index (χ0) is 19.1. The van der Waals surface area contributed by atoms with Gasteiger partial charge in [-0.3, -0.25) is 9.69 Å². The number of carbonyl (C=O) groups excluding carboxylic acids is 2. The van der Waals surface area contributed by atoms with Gasteiger partial charge >= 0.3 is 6.03 Å². The molecule has 2 aliphatic rings. The van der Waals surface area contributed by atoms with E-state index >= 15 is 0 Å². The Bertz CT molecular complexity index is 611. The normalized spacial score (nSPS) is 21.7. The van der Waals surface area contributed by atoms with Crippen LogP contribution in [-0.4, -0.2) is 73.2 Å². The number of rotatable bonds is 6. The Morgan fingerprint density at radius 3 is 2.59 bits per heavy atom. The van der Waals surface area contributed by atoms with Gasteiger partial charge in [0, 0.05) is 39.3 Å². The summed E-state index contributed by atoms with van der Waals surface area (Å²) in [6.07, 6.45) is 2.20. The molecule has 0 saturated carbocycles. The topological polar surface area (TPSA) is 73.9 Å². The molecule has 148 valence electrons. The average molecular weight is 374 g/mol. The highest BCUT2D eigenvalue weighted by Crippen LogP contribution is 2.15. The standard InChI is InChI=1S/C20H30N4O3/c1-16(18-8-5-13-27-18)22-20(26)24-11-9-23(10-12-24)15-19(25)21-14-17-6-3-2-4-7-17/h2-4,6-7,16,18H,5,8-15H2,1H3,(H,21,25)(H,22,26). The van der Waals surface area contributed by atoms with Gasteiger partial charge in [-0.15, -0.1) is 0 Å². The second kappa shape index (κ2) is 9.71. The molecule has 2 heterocycles. The largest absolute Gasteiger partial charge is 0.376 e. The van der Waals surface area contributed by atoms with Crippen LogP contribution >= 0.6 is 0 Å². The lowest BCUT2D eigenvalue weighted by molar-refractivity contribution is -0.122. The number of ether oxygens (including phenoxy) is 1. The van der Waals surface area contributed by atoms with Crippen LogP contribution in [0.5, 0.6) is 0 Å². The van der Waals surface area contributed by atoms with Gasteiger partial charge in [0.2, 0.25) is 5.91 Å². The average Bonchev–Trinajstić information content (AvgIpc) is 3.23. The first-order valence-electron chi connectivity index (χ1n) is 9.82. The first kappa shape index (κ1) is 19.6. The summed E-state index contributed by atoms with van der Waals surface area (Å²) in [5.74, 6) is 0.0174. The van der Waals surface area contributed by atoms with Crippen molar-refractivity contribution in [3.8, 4) is 0 Å². The van der Waals surface area contributed by atoms with Gasteiger partial charge < -0.3 is 20.3 Å². The number of benzene rings is 1. The van der Waals surface area contributed by atoms with Crippen LogP contribution in [0.4, 0.5) is 4.79 Å². The third-order valence-corrected chi connectivity index (χ3v) is 5.23. The molecule has 2 aliphatic heterocycles. The van der Waals surface area contributed by atoms with Crippen LogP contribution in [0.15, 0.2) is 30.3 Å². The van der Waals surface area contributed by atoms with Crippen LogP contribution < -0.4 is 10.6 Å². The van der Waals surface area contributed by atoms with Gasteiger partial charge in [-0.1, -0.05) is 30.3 Å². The lowest BCUT2D eigenvalue weighted by atomic mass is 10.1. The molecule has 1 aromatic rings. The van der Waals surface area contributed by atoms with Gasteiger partial charge in [-0.05, 0) is 25.3 Å². The summed E-state index contributed by atoms with van der Waals surface area (Å²) in [5, 5.41) is 6.00. The van der Waals surface area contributed by atoms with Crippen LogP contribution in [0, 0.1) is 0 Å². The summed E-state index contributed by atoms with van der Waals surface area (Å²) in [4.78, 5) is 28.5. The second-order valence-electron chi connectivity index (χ2n) is 7.32. The van der Waals surface area contributed by atoms with Crippen molar-refractivity contribution < 1.29 is 14.3 Å². The van der Waals surface area contributed by atoms with E-state index in [1.807, 2.05) is 42.2 Å². The summed E-state index contributed by atoms with van der Waals surface area (Å²) in [5.41, 5.74) is 1.09. The maximum Gasteiger partial charge on any atom is 0.317 e. The lowest BCUT2D eigenvalue weighted by Gasteiger charge is -2.35. The highest BCUT2D eigenvalue weighted by molar-refractivity contribution is 5.78. The van der Waals surface area contributed by atoms with E-state index in [1.165, 1.54) is 0 Å². The van der Waals surface area contributed by atoms with E-state index in [0.717, 1.165) is 25.0 Å². The molecule has 0 aromatic heterocycles. The number of piperazine rings is 1. The molecule has 7 heteroatoms. The third kappa shape index (κ3) is 5.94. The maximum atomic E-state index is 12.4. The van der Waals surface area contributed by atoms with Gasteiger partial charge in [0.1, 0.15) is 0 Å². The van der Waals surface area contributed by atoms with Gasteiger partial charge in [0.05, 0.1) is 18.7 Å². The summed E-state index contributed by atoms with van der Waals surface area (Å²) in [6.45, 7) is 6.39. The summed E-state index contributed by atoms with van der Waals surface area (Å²) in [7, 11) is 0. The quantitative estimate of drug-likeness (QED) is 0.785. The Balaban J connectivity index is 1.34. The fourth-order valence-corrected chi connectivity index (χ4v) is 3.54. The summed E-state index contributed by atoms with van der Waals surface area (Å²) >= 11 is 0. The van der Waals surface area contributed by atoms with Crippen LogP contribution in [0.1, 0.15) is 25.3 Å². The number of nitrogens with zero attached hydrogens (tertiary/aromatic N) is 2. The zero-order valence-corrected chi connectivity index (χ0v) is 16.0. The lowest BCUT2D eigenvalue weighted by Crippen LogP contribution is -2.55. The van der Waals surface area contributed by atoms with Crippen molar-refractivity contribution >= 4 is 11.9 Å². The fraction of sp³-hybridized carbons (Fsp3) is 0.600. The molecule has 2 N–H and O–H groups in total. The highest BCUT2D eigenvalue weighted by atomic mass is 16.5. The molecule has 0 bridgehead atoms. The number of urea groups is 1. The predicted molar refractivity (Wildman–Crippen MR) is 103 cm³/mol. The number of hydrogen-bond acceptors (Lipinski definition) is 4. The zero-order valence-electron chi connectivity index (χ0n) is 16.0. The Hall–Kier alpha value is -2.12. The van der Waals surface area contributed by atoms with Gasteiger partial charge in [0.15, 0.2) is 0 Å². The van der Waals surface area contributed by atoms with E-state index in [2.05, 4.69) is 15.5 Å². The monoisotopic (exact) mass is 374 g/mol. The Kier molecular flexibility index (Phi) is 7.06. The minimum absolute atomic E-state index is 0.0174. The van der Waals surface area contributed by atoms with Crippen molar-refractivity contribution in [1.29, 1.82) is 0 Å². The highest BCUT2D eigenvalue weighted by Gasteiger charge is 2.27. The molecule has 1 aromatic carbocycles. The molecule has 3 rings (SSSR count). The van der Waals surface area contributed by atoms with Gasteiger partial charge in [0.25, 0.3) is 0 Å². The van der Waals surface area contributed by atoms with E-state index in [4.69, 9.17) is 4.74 Å².